The molecule has 0 fully saturated rings. The summed E-state index contributed by atoms with van der Waals surface area (Å²) in [4.78, 5) is 16.1. The van der Waals surface area contributed by atoms with Gasteiger partial charge in [-0.05, 0) is 35.9 Å². The number of aromatic nitrogens is 1. The first-order valence-electron chi connectivity index (χ1n) is 7.42. The van der Waals surface area contributed by atoms with E-state index in [-0.39, 0.29) is 0 Å². The molecule has 0 radical (unpaired) electrons. The normalized spacial score (nSPS) is 11.8. The molecule has 25 heavy (non-hydrogen) atoms. The summed E-state index contributed by atoms with van der Waals surface area (Å²) in [6.45, 7) is 0. The number of fused-ring (bicyclic) bond motifs is 1. The molecule has 3 rings (SSSR count). The Morgan fingerprint density at radius 1 is 1.08 bits per heavy atom. The summed E-state index contributed by atoms with van der Waals surface area (Å²) < 4.78 is 38.1. The summed E-state index contributed by atoms with van der Waals surface area (Å²) in [6, 6.07) is 12.0. The molecule has 2 aromatic carbocycles. The van der Waals surface area contributed by atoms with Crippen LogP contribution in [0.15, 0.2) is 67.0 Å². The molecule has 0 bridgehead atoms. The molecule has 1 aromatic heterocycles. The first-order chi connectivity index (χ1) is 11.9. The molecule has 0 unspecified atom stereocenters. The first kappa shape index (κ1) is 16.7. The number of nitrogens with zero attached hydrogens (tertiary/aromatic N) is 1. The fraction of sp³-hybridized carbons (Fsp3) is 0.0526. The molecular weight excluding hydrogens is 329 g/mol. The largest absolute Gasteiger partial charge is 0.416 e. The standard InChI is InChI=1S/C19H13F3N2O/c20-19(21,22)15-5-1-3-13(11-15)7-8-18(25)24-17-6-2-4-14-12-23-10-9-16(14)17/h1-12H,(H,24,25). The Hall–Kier alpha value is -3.15. The van der Waals surface area contributed by atoms with Gasteiger partial charge in [0.1, 0.15) is 0 Å². The van der Waals surface area contributed by atoms with E-state index in [2.05, 4.69) is 10.3 Å². The van der Waals surface area contributed by atoms with Crippen LogP contribution in [0.5, 0.6) is 0 Å². The van der Waals surface area contributed by atoms with E-state index in [0.717, 1.165) is 22.9 Å². The predicted octanol–water partition coefficient (Wildman–Crippen LogP) is 4.91. The van der Waals surface area contributed by atoms with Crippen LogP contribution in [0.25, 0.3) is 16.8 Å². The smallest absolute Gasteiger partial charge is 0.322 e. The molecule has 0 spiro atoms. The minimum Gasteiger partial charge on any atom is -0.322 e. The van der Waals surface area contributed by atoms with Crippen LogP contribution < -0.4 is 5.32 Å². The number of carbonyl (C=O) groups excluding carboxylic acids is 1. The van der Waals surface area contributed by atoms with Gasteiger partial charge in [0.25, 0.3) is 0 Å². The molecule has 0 aliphatic heterocycles. The Morgan fingerprint density at radius 3 is 2.68 bits per heavy atom. The lowest BCUT2D eigenvalue weighted by atomic mass is 10.1. The number of alkyl halides is 3. The number of hydrogen-bond acceptors (Lipinski definition) is 2. The molecule has 0 atom stereocenters. The second kappa shape index (κ2) is 6.76. The first-order valence-corrected chi connectivity index (χ1v) is 7.42. The van der Waals surface area contributed by atoms with E-state index in [1.54, 1.807) is 30.6 Å². The summed E-state index contributed by atoms with van der Waals surface area (Å²) in [7, 11) is 0. The molecule has 0 saturated carbocycles. The minimum atomic E-state index is -4.41. The maximum absolute atomic E-state index is 12.7. The van der Waals surface area contributed by atoms with E-state index in [9.17, 15) is 18.0 Å². The third-order valence-electron chi connectivity index (χ3n) is 3.58. The van der Waals surface area contributed by atoms with Crippen molar-refractivity contribution < 1.29 is 18.0 Å². The molecule has 0 aliphatic carbocycles. The molecule has 3 nitrogen and oxygen atoms in total. The highest BCUT2D eigenvalue weighted by Gasteiger charge is 2.30. The topological polar surface area (TPSA) is 42.0 Å². The summed E-state index contributed by atoms with van der Waals surface area (Å²) in [5.74, 6) is -0.429. The third kappa shape index (κ3) is 4.03. The van der Waals surface area contributed by atoms with Crippen molar-refractivity contribution in [2.24, 2.45) is 0 Å². The van der Waals surface area contributed by atoms with E-state index in [1.807, 2.05) is 6.07 Å². The van der Waals surface area contributed by atoms with Gasteiger partial charge >= 0.3 is 6.18 Å². The lowest BCUT2D eigenvalue weighted by Crippen LogP contribution is -2.08. The van der Waals surface area contributed by atoms with E-state index in [0.29, 0.717) is 11.3 Å². The Morgan fingerprint density at radius 2 is 1.88 bits per heavy atom. The average Bonchev–Trinajstić information content (AvgIpc) is 2.60. The lowest BCUT2D eigenvalue weighted by Gasteiger charge is -2.07. The minimum absolute atomic E-state index is 0.298. The van der Waals surface area contributed by atoms with Crippen molar-refractivity contribution in [1.82, 2.24) is 4.98 Å². The van der Waals surface area contributed by atoms with Crippen molar-refractivity contribution in [1.29, 1.82) is 0 Å². The molecule has 1 heterocycles. The molecule has 0 saturated heterocycles. The van der Waals surface area contributed by atoms with Crippen LogP contribution >= 0.6 is 0 Å². The van der Waals surface area contributed by atoms with Crippen LogP contribution in [0, 0.1) is 0 Å². The van der Waals surface area contributed by atoms with Gasteiger partial charge in [-0.1, -0.05) is 24.3 Å². The fourth-order valence-electron chi connectivity index (χ4n) is 2.40. The summed E-state index contributed by atoms with van der Waals surface area (Å²) in [5.41, 5.74) is 0.155. The van der Waals surface area contributed by atoms with Gasteiger partial charge in [-0.25, -0.2) is 0 Å². The van der Waals surface area contributed by atoms with Crippen LogP contribution in [0.1, 0.15) is 11.1 Å². The molecule has 126 valence electrons. The number of amides is 1. The number of hydrogen-bond donors (Lipinski definition) is 1. The highest BCUT2D eigenvalue weighted by molar-refractivity contribution is 6.07. The quantitative estimate of drug-likeness (QED) is 0.688. The maximum atomic E-state index is 12.7. The van der Waals surface area contributed by atoms with Gasteiger partial charge in [0.2, 0.25) is 5.91 Å². The number of anilines is 1. The van der Waals surface area contributed by atoms with E-state index in [4.69, 9.17) is 0 Å². The summed E-state index contributed by atoms with van der Waals surface area (Å²) in [5, 5.41) is 4.43. The zero-order valence-electron chi connectivity index (χ0n) is 12.9. The van der Waals surface area contributed by atoms with Crippen LogP contribution in [0.2, 0.25) is 0 Å². The van der Waals surface area contributed by atoms with Gasteiger partial charge in [-0.15, -0.1) is 0 Å². The van der Waals surface area contributed by atoms with Gasteiger partial charge in [0.15, 0.2) is 0 Å². The third-order valence-corrected chi connectivity index (χ3v) is 3.58. The Labute approximate surface area is 141 Å². The molecule has 1 N–H and O–H groups in total. The Balaban J connectivity index is 1.77. The van der Waals surface area contributed by atoms with Crippen molar-refractivity contribution >= 4 is 28.4 Å². The van der Waals surface area contributed by atoms with Crippen LogP contribution in [0.3, 0.4) is 0 Å². The Kier molecular flexibility index (Phi) is 4.52. The predicted molar refractivity (Wildman–Crippen MR) is 90.9 cm³/mol. The summed E-state index contributed by atoms with van der Waals surface area (Å²) in [6.07, 6.45) is 1.44. The molecule has 3 aromatic rings. The summed E-state index contributed by atoms with van der Waals surface area (Å²) >= 11 is 0. The average molecular weight is 342 g/mol. The second-order valence-corrected chi connectivity index (χ2v) is 5.35. The van der Waals surface area contributed by atoms with Crippen molar-refractivity contribution in [2.75, 3.05) is 5.32 Å². The van der Waals surface area contributed by atoms with Gasteiger partial charge in [-0.3, -0.25) is 9.78 Å². The SMILES string of the molecule is O=C(C=Cc1cccc(C(F)(F)F)c1)Nc1cccc2cnccc12. The van der Waals surface area contributed by atoms with Crippen LogP contribution in [-0.4, -0.2) is 10.9 Å². The van der Waals surface area contributed by atoms with Crippen molar-refractivity contribution in [3.8, 4) is 0 Å². The maximum Gasteiger partial charge on any atom is 0.416 e. The van der Waals surface area contributed by atoms with E-state index < -0.39 is 17.6 Å². The zero-order valence-corrected chi connectivity index (χ0v) is 12.9. The molecular formula is C19H13F3N2O. The van der Waals surface area contributed by atoms with Gasteiger partial charge in [0.05, 0.1) is 5.56 Å². The highest BCUT2D eigenvalue weighted by atomic mass is 19.4. The highest BCUT2D eigenvalue weighted by Crippen LogP contribution is 2.29. The number of benzene rings is 2. The van der Waals surface area contributed by atoms with Crippen LogP contribution in [-0.2, 0) is 11.0 Å². The van der Waals surface area contributed by atoms with E-state index in [1.165, 1.54) is 24.3 Å². The Bertz CT molecular complexity index is 943. The monoisotopic (exact) mass is 342 g/mol. The number of pyridine rings is 1. The zero-order chi connectivity index (χ0) is 17.9. The lowest BCUT2D eigenvalue weighted by molar-refractivity contribution is -0.137. The van der Waals surface area contributed by atoms with Gasteiger partial charge in [0, 0.05) is 34.9 Å². The number of carbonyl (C=O) groups is 1. The molecule has 0 aliphatic rings. The van der Waals surface area contributed by atoms with Gasteiger partial charge in [-0.2, -0.15) is 13.2 Å². The number of halogens is 3. The van der Waals surface area contributed by atoms with Crippen molar-refractivity contribution in [3.63, 3.8) is 0 Å². The van der Waals surface area contributed by atoms with Crippen molar-refractivity contribution in [2.45, 2.75) is 6.18 Å². The molecule has 6 heteroatoms. The van der Waals surface area contributed by atoms with Gasteiger partial charge < -0.3 is 5.32 Å². The fourth-order valence-corrected chi connectivity index (χ4v) is 2.40. The number of nitrogens with one attached hydrogen (secondary N) is 1. The molecule has 1 amide bonds. The van der Waals surface area contributed by atoms with Crippen LogP contribution in [0.4, 0.5) is 18.9 Å². The van der Waals surface area contributed by atoms with Crippen molar-refractivity contribution in [3.05, 3.63) is 78.1 Å². The number of rotatable bonds is 3. The second-order valence-electron chi connectivity index (χ2n) is 5.35. The van der Waals surface area contributed by atoms with E-state index >= 15 is 0 Å².